The molecular weight excluding hydrogens is 232 g/mol. The van der Waals surface area contributed by atoms with E-state index in [1.165, 1.54) is 0 Å². The summed E-state index contributed by atoms with van der Waals surface area (Å²) in [6, 6.07) is -0.0484. The van der Waals surface area contributed by atoms with Crippen LogP contribution < -0.4 is 11.1 Å². The van der Waals surface area contributed by atoms with Crippen molar-refractivity contribution >= 4 is 11.9 Å². The van der Waals surface area contributed by atoms with Gasteiger partial charge in [-0.15, -0.1) is 0 Å². The van der Waals surface area contributed by atoms with Crippen LogP contribution in [-0.4, -0.2) is 60.5 Å². The van der Waals surface area contributed by atoms with E-state index >= 15 is 0 Å². The van der Waals surface area contributed by atoms with Gasteiger partial charge in [0.2, 0.25) is 5.91 Å². The minimum atomic E-state index is -0.354. The lowest BCUT2D eigenvalue weighted by Gasteiger charge is -2.31. The summed E-state index contributed by atoms with van der Waals surface area (Å²) in [6.07, 6.45) is 1.71. The van der Waals surface area contributed by atoms with E-state index in [-0.39, 0.29) is 11.9 Å². The number of primary amides is 1. The lowest BCUT2D eigenvalue weighted by Crippen LogP contribution is -2.49. The van der Waals surface area contributed by atoms with Crippen molar-refractivity contribution in [1.29, 1.82) is 0 Å². The van der Waals surface area contributed by atoms with E-state index in [0.29, 0.717) is 25.7 Å². The Bertz CT molecular complexity index is 284. The summed E-state index contributed by atoms with van der Waals surface area (Å²) in [5.41, 5.74) is 5.22. The highest BCUT2D eigenvalue weighted by Crippen LogP contribution is 2.09. The van der Waals surface area contributed by atoms with Crippen molar-refractivity contribution in [2.75, 3.05) is 32.7 Å². The molecule has 0 aromatic rings. The first-order valence-corrected chi connectivity index (χ1v) is 6.64. The molecule has 0 unspecified atom stereocenters. The van der Waals surface area contributed by atoms with Crippen LogP contribution >= 0.6 is 0 Å². The second kappa shape index (κ2) is 7.20. The van der Waals surface area contributed by atoms with E-state index in [1.54, 1.807) is 4.90 Å². The number of nitrogens with zero attached hydrogens (tertiary/aromatic N) is 2. The van der Waals surface area contributed by atoms with Crippen LogP contribution in [0.4, 0.5) is 4.79 Å². The molecule has 3 amide bonds. The number of urea groups is 1. The molecule has 3 N–H and O–H groups in total. The molecule has 1 heterocycles. The minimum Gasteiger partial charge on any atom is -0.351 e. The normalized spacial score (nSPS) is 16.7. The first kappa shape index (κ1) is 14.8. The number of carbonyl (C=O) groups is 2. The van der Waals surface area contributed by atoms with Gasteiger partial charge in [-0.2, -0.15) is 0 Å². The topological polar surface area (TPSA) is 78.7 Å². The van der Waals surface area contributed by atoms with E-state index in [0.717, 1.165) is 25.9 Å². The second-order valence-electron chi connectivity index (χ2n) is 4.55. The molecule has 1 saturated heterocycles. The average molecular weight is 256 g/mol. The van der Waals surface area contributed by atoms with Crippen molar-refractivity contribution in [3.8, 4) is 0 Å². The van der Waals surface area contributed by atoms with Gasteiger partial charge in [-0.05, 0) is 26.7 Å². The number of piperidine rings is 1. The third-order valence-electron chi connectivity index (χ3n) is 3.46. The van der Waals surface area contributed by atoms with Crippen LogP contribution in [0, 0.1) is 0 Å². The molecule has 0 atom stereocenters. The number of hydrogen-bond donors (Lipinski definition) is 2. The smallest absolute Gasteiger partial charge is 0.314 e. The Morgan fingerprint density at radius 1 is 1.28 bits per heavy atom. The first-order valence-electron chi connectivity index (χ1n) is 6.64. The third-order valence-corrected chi connectivity index (χ3v) is 3.46. The Morgan fingerprint density at radius 2 is 1.83 bits per heavy atom. The number of nitrogens with two attached hydrogens (primary N) is 1. The van der Waals surface area contributed by atoms with Gasteiger partial charge in [0.25, 0.3) is 0 Å². The number of likely N-dealkylation sites (tertiary alicyclic amines) is 1. The average Bonchev–Trinajstić information content (AvgIpc) is 2.38. The van der Waals surface area contributed by atoms with Gasteiger partial charge in [0.1, 0.15) is 0 Å². The maximum atomic E-state index is 11.8. The molecule has 6 nitrogen and oxygen atoms in total. The van der Waals surface area contributed by atoms with Gasteiger partial charge < -0.3 is 20.9 Å². The molecule has 104 valence electrons. The summed E-state index contributed by atoms with van der Waals surface area (Å²) in [7, 11) is 0. The van der Waals surface area contributed by atoms with Crippen molar-refractivity contribution in [2.45, 2.75) is 32.7 Å². The fourth-order valence-electron chi connectivity index (χ4n) is 2.22. The summed E-state index contributed by atoms with van der Waals surface area (Å²) >= 11 is 0. The van der Waals surface area contributed by atoms with Crippen LogP contribution in [0.5, 0.6) is 0 Å². The summed E-state index contributed by atoms with van der Waals surface area (Å²) in [5, 5.41) is 3.26. The molecule has 0 aliphatic carbocycles. The molecule has 0 bridgehead atoms. The fraction of sp³-hybridized carbons (Fsp3) is 0.833. The van der Waals surface area contributed by atoms with Gasteiger partial charge in [0.15, 0.2) is 0 Å². The van der Waals surface area contributed by atoms with Crippen LogP contribution in [0.3, 0.4) is 0 Å². The Morgan fingerprint density at radius 3 is 2.28 bits per heavy atom. The maximum absolute atomic E-state index is 11.8. The van der Waals surface area contributed by atoms with Crippen LogP contribution in [-0.2, 0) is 4.79 Å². The number of nitrogens with one attached hydrogen (secondary N) is 1. The fourth-order valence-corrected chi connectivity index (χ4v) is 2.22. The minimum absolute atomic E-state index is 0.136. The second-order valence-corrected chi connectivity index (χ2v) is 4.55. The monoisotopic (exact) mass is 256 g/mol. The number of amides is 3. The molecule has 1 aliphatic rings. The SMILES string of the molecule is CCN(CC)C(=O)CNC1CCN(C(N)=O)CC1. The van der Waals surface area contributed by atoms with Gasteiger partial charge in [0, 0.05) is 32.2 Å². The van der Waals surface area contributed by atoms with E-state index in [9.17, 15) is 9.59 Å². The third kappa shape index (κ3) is 4.18. The zero-order valence-electron chi connectivity index (χ0n) is 11.3. The largest absolute Gasteiger partial charge is 0.351 e. The van der Waals surface area contributed by atoms with Gasteiger partial charge in [-0.25, -0.2) is 4.79 Å². The van der Waals surface area contributed by atoms with E-state index in [1.807, 2.05) is 18.7 Å². The van der Waals surface area contributed by atoms with Crippen LogP contribution in [0.2, 0.25) is 0 Å². The predicted molar refractivity (Wildman–Crippen MR) is 70.1 cm³/mol. The van der Waals surface area contributed by atoms with Crippen LogP contribution in [0.25, 0.3) is 0 Å². The standard InChI is InChI=1S/C12H24N4O2/c1-3-15(4-2)11(17)9-14-10-5-7-16(8-6-10)12(13)18/h10,14H,3-9H2,1-2H3,(H2,13,18). The number of carbonyl (C=O) groups excluding carboxylic acids is 2. The molecule has 18 heavy (non-hydrogen) atoms. The Balaban J connectivity index is 2.25. The van der Waals surface area contributed by atoms with Crippen LogP contribution in [0.15, 0.2) is 0 Å². The Hall–Kier alpha value is -1.30. The van der Waals surface area contributed by atoms with Gasteiger partial charge in [-0.3, -0.25) is 4.79 Å². The number of hydrogen-bond acceptors (Lipinski definition) is 3. The highest BCUT2D eigenvalue weighted by Gasteiger charge is 2.21. The molecule has 1 rings (SSSR count). The Labute approximate surface area is 108 Å². The van der Waals surface area contributed by atoms with Crippen molar-refractivity contribution in [2.24, 2.45) is 5.73 Å². The molecule has 0 aromatic carbocycles. The molecule has 6 heteroatoms. The molecule has 1 fully saturated rings. The highest BCUT2D eigenvalue weighted by molar-refractivity contribution is 5.78. The zero-order chi connectivity index (χ0) is 13.5. The highest BCUT2D eigenvalue weighted by atomic mass is 16.2. The molecule has 0 spiro atoms. The summed E-state index contributed by atoms with van der Waals surface area (Å²) < 4.78 is 0. The number of rotatable bonds is 5. The lowest BCUT2D eigenvalue weighted by atomic mass is 10.1. The van der Waals surface area contributed by atoms with Gasteiger partial charge in [-0.1, -0.05) is 0 Å². The summed E-state index contributed by atoms with van der Waals surface area (Å²) in [4.78, 5) is 26.2. The summed E-state index contributed by atoms with van der Waals surface area (Å²) in [6.45, 7) is 7.18. The predicted octanol–water partition coefficient (Wildman–Crippen LogP) is -0.0125. The van der Waals surface area contributed by atoms with Gasteiger partial charge >= 0.3 is 6.03 Å². The van der Waals surface area contributed by atoms with E-state index in [2.05, 4.69) is 5.32 Å². The first-order chi connectivity index (χ1) is 8.58. The molecule has 0 saturated carbocycles. The van der Waals surface area contributed by atoms with Crippen molar-refractivity contribution in [1.82, 2.24) is 15.1 Å². The van der Waals surface area contributed by atoms with Crippen molar-refractivity contribution in [3.05, 3.63) is 0 Å². The van der Waals surface area contributed by atoms with Crippen molar-refractivity contribution < 1.29 is 9.59 Å². The molecule has 1 aliphatic heterocycles. The maximum Gasteiger partial charge on any atom is 0.314 e. The van der Waals surface area contributed by atoms with Crippen molar-refractivity contribution in [3.63, 3.8) is 0 Å². The van der Waals surface area contributed by atoms with E-state index < -0.39 is 0 Å². The molecule has 0 aromatic heterocycles. The summed E-state index contributed by atoms with van der Waals surface area (Å²) in [5.74, 6) is 0.136. The quantitative estimate of drug-likeness (QED) is 0.726. The molecule has 0 radical (unpaired) electrons. The number of likely N-dealkylation sites (N-methyl/N-ethyl adjacent to an activating group) is 1. The Kier molecular flexibility index (Phi) is 5.91. The van der Waals surface area contributed by atoms with Crippen LogP contribution in [0.1, 0.15) is 26.7 Å². The zero-order valence-corrected chi connectivity index (χ0v) is 11.3. The lowest BCUT2D eigenvalue weighted by molar-refractivity contribution is -0.130. The van der Waals surface area contributed by atoms with E-state index in [4.69, 9.17) is 5.73 Å². The molecular formula is C12H24N4O2. The van der Waals surface area contributed by atoms with Gasteiger partial charge in [0.05, 0.1) is 6.54 Å².